The van der Waals surface area contributed by atoms with Crippen LogP contribution in [0.25, 0.3) is 0 Å². The van der Waals surface area contributed by atoms with Crippen molar-refractivity contribution >= 4 is 21.9 Å². The summed E-state index contributed by atoms with van der Waals surface area (Å²) in [4.78, 5) is 22.6. The highest BCUT2D eigenvalue weighted by Crippen LogP contribution is 2.39. The summed E-state index contributed by atoms with van der Waals surface area (Å²) in [6, 6.07) is 1.86. The summed E-state index contributed by atoms with van der Waals surface area (Å²) in [5.74, 6) is -1.13. The van der Waals surface area contributed by atoms with Gasteiger partial charge in [-0.2, -0.15) is 8.42 Å². The van der Waals surface area contributed by atoms with Gasteiger partial charge in [-0.25, -0.2) is 4.18 Å². The lowest BCUT2D eigenvalue weighted by atomic mass is 9.91. The zero-order valence-corrected chi connectivity index (χ0v) is 19.7. The van der Waals surface area contributed by atoms with E-state index in [0.29, 0.717) is 35.1 Å². The van der Waals surface area contributed by atoms with Gasteiger partial charge in [0.2, 0.25) is 6.29 Å². The van der Waals surface area contributed by atoms with Gasteiger partial charge in [-0.3, -0.25) is 9.59 Å². The molecule has 0 saturated heterocycles. The maximum absolute atomic E-state index is 12.8. The lowest BCUT2D eigenvalue weighted by Crippen LogP contribution is -2.18. The first-order valence-electron chi connectivity index (χ1n) is 10.6. The molecule has 178 valence electrons. The Bertz CT molecular complexity index is 1170. The van der Waals surface area contributed by atoms with Crippen LogP contribution in [-0.4, -0.2) is 30.4 Å². The van der Waals surface area contributed by atoms with Crippen molar-refractivity contribution in [2.24, 2.45) is 0 Å². The Labute approximate surface area is 193 Å². The fourth-order valence-corrected chi connectivity index (χ4v) is 4.95. The molecule has 2 aliphatic rings. The number of fused-ring (bicyclic) bond motifs is 1. The number of ketones is 1. The Morgan fingerprint density at radius 2 is 2.00 bits per heavy atom. The van der Waals surface area contributed by atoms with Crippen molar-refractivity contribution in [1.82, 2.24) is 0 Å². The number of carbonyl (C=O) groups excluding carboxylic acids is 1. The van der Waals surface area contributed by atoms with Crippen LogP contribution in [0.15, 0.2) is 40.3 Å². The van der Waals surface area contributed by atoms with Gasteiger partial charge in [-0.05, 0) is 67.5 Å². The minimum Gasteiger partial charge on any atom is -0.481 e. The predicted molar refractivity (Wildman–Crippen MR) is 120 cm³/mol. The molecule has 3 rings (SSSR count). The number of Topliss-reactive ketones (excluding diaryl/α,β-unsaturated/α-hetero) is 1. The largest absolute Gasteiger partial charge is 0.481 e. The maximum atomic E-state index is 12.8. The number of benzene rings is 1. The molecule has 0 amide bonds. The second-order valence-corrected chi connectivity index (χ2v) is 9.92. The van der Waals surface area contributed by atoms with Gasteiger partial charge in [0.25, 0.3) is 10.1 Å². The molecule has 0 saturated carbocycles. The zero-order chi connectivity index (χ0) is 24.3. The fraction of sp³-hybridized carbons (Fsp3) is 0.417. The van der Waals surface area contributed by atoms with Crippen LogP contribution in [-0.2, 0) is 48.3 Å². The Morgan fingerprint density at radius 3 is 2.64 bits per heavy atom. The van der Waals surface area contributed by atoms with E-state index in [-0.39, 0.29) is 36.7 Å². The number of hydrogen-bond donors (Lipinski definition) is 2. The number of carbonyl (C=O) groups is 2. The summed E-state index contributed by atoms with van der Waals surface area (Å²) in [7, 11) is -4.20. The molecule has 0 fully saturated rings. The van der Waals surface area contributed by atoms with Crippen LogP contribution in [0.4, 0.5) is 0 Å². The van der Waals surface area contributed by atoms with E-state index in [0.717, 1.165) is 16.7 Å². The van der Waals surface area contributed by atoms with Crippen molar-refractivity contribution in [2.45, 2.75) is 66.0 Å². The number of hydrogen-bond acceptors (Lipinski definition) is 7. The topological polar surface area (TPSA) is 127 Å². The van der Waals surface area contributed by atoms with E-state index in [1.165, 1.54) is 12.2 Å². The predicted octanol–water partition coefficient (Wildman–Crippen LogP) is 3.52. The average molecular weight is 477 g/mol. The summed E-state index contributed by atoms with van der Waals surface area (Å²) in [5.41, 5.74) is 4.94. The van der Waals surface area contributed by atoms with Crippen molar-refractivity contribution in [3.8, 4) is 0 Å². The van der Waals surface area contributed by atoms with Crippen LogP contribution in [0, 0.1) is 6.92 Å². The van der Waals surface area contributed by atoms with Gasteiger partial charge < -0.3 is 14.9 Å². The van der Waals surface area contributed by atoms with Gasteiger partial charge >= 0.3 is 5.97 Å². The van der Waals surface area contributed by atoms with Crippen molar-refractivity contribution in [3.05, 3.63) is 68.2 Å². The molecular weight excluding hydrogens is 448 g/mol. The molecule has 1 heterocycles. The van der Waals surface area contributed by atoms with Gasteiger partial charge in [-0.15, -0.1) is 0 Å². The van der Waals surface area contributed by atoms with Crippen LogP contribution in [0.2, 0.25) is 0 Å². The third-order valence-electron chi connectivity index (χ3n) is 5.96. The van der Waals surface area contributed by atoms with E-state index in [2.05, 4.69) is 0 Å². The number of rotatable bonds is 9. The summed E-state index contributed by atoms with van der Waals surface area (Å²) < 4.78 is 36.5. The lowest BCUT2D eigenvalue weighted by molar-refractivity contribution is -0.137. The van der Waals surface area contributed by atoms with E-state index < -0.39 is 22.4 Å². The molecule has 1 aromatic rings. The fourth-order valence-electron chi connectivity index (χ4n) is 3.90. The molecule has 1 aliphatic carbocycles. The van der Waals surface area contributed by atoms with Gasteiger partial charge in [0.1, 0.15) is 0 Å². The number of aliphatic hydroxyl groups is 1. The minimum atomic E-state index is -4.20. The maximum Gasteiger partial charge on any atom is 0.303 e. The molecule has 33 heavy (non-hydrogen) atoms. The second-order valence-electron chi connectivity index (χ2n) is 8.29. The quantitative estimate of drug-likeness (QED) is 0.409. The van der Waals surface area contributed by atoms with Gasteiger partial charge in [-0.1, -0.05) is 23.8 Å². The summed E-state index contributed by atoms with van der Waals surface area (Å²) in [6.45, 7) is 5.16. The van der Waals surface area contributed by atoms with Gasteiger partial charge in [0.05, 0.1) is 18.1 Å². The molecule has 1 aliphatic heterocycles. The van der Waals surface area contributed by atoms with Crippen molar-refractivity contribution < 1.29 is 37.1 Å². The van der Waals surface area contributed by atoms with Crippen molar-refractivity contribution in [2.75, 3.05) is 0 Å². The molecule has 0 radical (unpaired) electrons. The summed E-state index contributed by atoms with van der Waals surface area (Å²) >= 11 is 0. The zero-order valence-electron chi connectivity index (χ0n) is 18.9. The van der Waals surface area contributed by atoms with E-state index in [4.69, 9.17) is 14.0 Å². The summed E-state index contributed by atoms with van der Waals surface area (Å²) in [6.07, 6.45) is 4.33. The van der Waals surface area contributed by atoms with Crippen LogP contribution < -0.4 is 0 Å². The second kappa shape index (κ2) is 10.1. The standard InChI is InChI=1S/C24H28O8S/c1-14(5-9-22(27)28)4-7-17-10-18-13-31-24(23(18)16(3)20(17)12-25)32-33(29,30)19-8-6-15(2)21(26)11-19/h4,6,8,10,24-25H,5,7,9,11-13H2,1-3H3,(H,27,28). The van der Waals surface area contributed by atoms with Gasteiger partial charge in [0, 0.05) is 18.4 Å². The number of ether oxygens (including phenoxy) is 1. The third-order valence-corrected chi connectivity index (χ3v) is 7.31. The van der Waals surface area contributed by atoms with E-state index in [1.54, 1.807) is 13.8 Å². The Balaban J connectivity index is 1.85. The highest BCUT2D eigenvalue weighted by atomic mass is 32.2. The van der Waals surface area contributed by atoms with E-state index >= 15 is 0 Å². The molecule has 0 spiro atoms. The molecule has 0 bridgehead atoms. The van der Waals surface area contributed by atoms with E-state index in [1.807, 2.05) is 19.1 Å². The number of aliphatic hydroxyl groups excluding tert-OH is 1. The molecule has 8 nitrogen and oxygen atoms in total. The molecule has 2 N–H and O–H groups in total. The normalized spacial score (nSPS) is 18.7. The number of carboxylic acid groups (broad SMARTS) is 1. The Kier molecular flexibility index (Phi) is 7.69. The Hall–Kier alpha value is -2.59. The molecule has 0 aromatic heterocycles. The highest BCUT2D eigenvalue weighted by molar-refractivity contribution is 7.90. The van der Waals surface area contributed by atoms with Crippen LogP contribution in [0.3, 0.4) is 0 Å². The van der Waals surface area contributed by atoms with Gasteiger partial charge in [0.15, 0.2) is 5.78 Å². The van der Waals surface area contributed by atoms with Crippen LogP contribution in [0.5, 0.6) is 0 Å². The van der Waals surface area contributed by atoms with Crippen molar-refractivity contribution in [3.63, 3.8) is 0 Å². The summed E-state index contributed by atoms with van der Waals surface area (Å²) in [5, 5.41) is 18.8. The molecule has 9 heteroatoms. The van der Waals surface area contributed by atoms with Crippen LogP contribution in [0.1, 0.15) is 67.2 Å². The van der Waals surface area contributed by atoms with Crippen LogP contribution >= 0.6 is 0 Å². The molecule has 1 aromatic carbocycles. The first kappa shape index (κ1) is 25.0. The lowest BCUT2D eigenvalue weighted by Gasteiger charge is -2.19. The first-order valence-corrected chi connectivity index (χ1v) is 12.0. The smallest absolute Gasteiger partial charge is 0.303 e. The SMILES string of the molecule is CC(=CCc1cc2c(c(C)c1CO)C(OS(=O)(=O)C1=CC=C(C)C(=O)C1)OC2)CCC(=O)O. The number of aliphatic carboxylic acids is 1. The number of carboxylic acids is 1. The minimum absolute atomic E-state index is 0.0527. The monoisotopic (exact) mass is 476 g/mol. The van der Waals surface area contributed by atoms with Crippen molar-refractivity contribution in [1.29, 1.82) is 0 Å². The third kappa shape index (κ3) is 5.67. The average Bonchev–Trinajstić information content (AvgIpc) is 3.14. The van der Waals surface area contributed by atoms with E-state index in [9.17, 15) is 23.1 Å². The first-order chi connectivity index (χ1) is 15.5. The highest BCUT2D eigenvalue weighted by Gasteiger charge is 2.35. The number of allylic oxidation sites excluding steroid dienone is 6. The molecule has 1 atom stereocenters. The molecular formula is C24H28O8S. The molecule has 1 unspecified atom stereocenters. The Morgan fingerprint density at radius 1 is 1.27 bits per heavy atom.